The Kier molecular flexibility index (Phi) is 2.41. The summed E-state index contributed by atoms with van der Waals surface area (Å²) in [6.07, 6.45) is -1.67. The van der Waals surface area contributed by atoms with E-state index in [2.05, 4.69) is 15.3 Å². The van der Waals surface area contributed by atoms with Crippen molar-refractivity contribution in [3.63, 3.8) is 0 Å². The Bertz CT molecular complexity index is 484. The van der Waals surface area contributed by atoms with E-state index in [1.165, 1.54) is 17.2 Å². The maximum absolute atomic E-state index is 12.3. The van der Waals surface area contributed by atoms with Gasteiger partial charge in [0.25, 0.3) is 0 Å². The number of nitrogens with zero attached hydrogens (tertiary/aromatic N) is 5. The van der Waals surface area contributed by atoms with Gasteiger partial charge in [-0.3, -0.25) is 4.68 Å². The van der Waals surface area contributed by atoms with Gasteiger partial charge in [0, 0.05) is 13.2 Å². The van der Waals surface area contributed by atoms with E-state index in [4.69, 9.17) is 0 Å². The number of aryl methyl sites for hydroxylation is 1. The number of alkyl halides is 3. The number of rotatable bonds is 2. The molecule has 16 heavy (non-hydrogen) atoms. The molecule has 0 saturated heterocycles. The minimum absolute atomic E-state index is 0.159. The van der Waals surface area contributed by atoms with Crippen LogP contribution in [0.4, 0.5) is 13.2 Å². The lowest BCUT2D eigenvalue weighted by Gasteiger charge is -2.02. The summed E-state index contributed by atoms with van der Waals surface area (Å²) >= 11 is 0. The van der Waals surface area contributed by atoms with Crippen LogP contribution in [0.25, 0.3) is 0 Å². The predicted octanol–water partition coefficient (Wildman–Crippen LogP) is 1.08. The largest absolute Gasteiger partial charge is 0.435 e. The lowest BCUT2D eigenvalue weighted by atomic mass is 10.4. The molecule has 0 aliphatic heterocycles. The average Bonchev–Trinajstić information content (AvgIpc) is 2.76. The summed E-state index contributed by atoms with van der Waals surface area (Å²) in [4.78, 5) is 0. The van der Waals surface area contributed by atoms with Crippen LogP contribution in [0.15, 0.2) is 18.6 Å². The highest BCUT2D eigenvalue weighted by Crippen LogP contribution is 2.27. The van der Waals surface area contributed by atoms with Crippen LogP contribution in [0, 0.1) is 0 Å². The second-order valence-corrected chi connectivity index (χ2v) is 3.25. The summed E-state index contributed by atoms with van der Waals surface area (Å²) in [6.45, 7) is 0.159. The van der Waals surface area contributed by atoms with E-state index in [9.17, 15) is 13.2 Å². The third kappa shape index (κ3) is 2.05. The molecule has 5 nitrogen and oxygen atoms in total. The van der Waals surface area contributed by atoms with Crippen LogP contribution < -0.4 is 0 Å². The lowest BCUT2D eigenvalue weighted by molar-refractivity contribution is -0.141. The molecule has 0 fully saturated rings. The normalized spacial score (nSPS) is 12.0. The maximum Gasteiger partial charge on any atom is 0.435 e. The fraction of sp³-hybridized carbons (Fsp3) is 0.375. The van der Waals surface area contributed by atoms with Gasteiger partial charge in [-0.2, -0.15) is 18.3 Å². The second-order valence-electron chi connectivity index (χ2n) is 3.25. The average molecular weight is 231 g/mol. The van der Waals surface area contributed by atoms with Gasteiger partial charge in [0.2, 0.25) is 0 Å². The van der Waals surface area contributed by atoms with Crippen molar-refractivity contribution in [2.45, 2.75) is 12.7 Å². The van der Waals surface area contributed by atoms with E-state index in [1.54, 1.807) is 11.6 Å². The highest BCUT2D eigenvalue weighted by Gasteiger charge is 2.33. The van der Waals surface area contributed by atoms with Crippen LogP contribution in [-0.4, -0.2) is 24.5 Å². The van der Waals surface area contributed by atoms with Gasteiger partial charge in [0.1, 0.15) is 12.9 Å². The number of hydrogen-bond acceptors (Lipinski definition) is 3. The van der Waals surface area contributed by atoms with Crippen LogP contribution in [0.1, 0.15) is 11.5 Å². The van der Waals surface area contributed by atoms with Crippen molar-refractivity contribution in [3.8, 4) is 0 Å². The molecule has 0 atom stereocenters. The monoisotopic (exact) mass is 231 g/mol. The van der Waals surface area contributed by atoms with Crippen LogP contribution in [0.3, 0.4) is 0 Å². The number of aromatic nitrogens is 5. The topological polar surface area (TPSA) is 48.5 Å². The van der Waals surface area contributed by atoms with Crippen molar-refractivity contribution in [2.75, 3.05) is 0 Å². The molecule has 0 aliphatic rings. The third-order valence-corrected chi connectivity index (χ3v) is 2.04. The number of halogens is 3. The molecular formula is C8H8F3N5. The van der Waals surface area contributed by atoms with E-state index in [0.717, 1.165) is 6.07 Å². The first kappa shape index (κ1) is 10.7. The summed E-state index contributed by atoms with van der Waals surface area (Å²) < 4.78 is 39.5. The molecule has 0 amide bonds. The summed E-state index contributed by atoms with van der Waals surface area (Å²) in [5.74, 6) is 0.539. The molecule has 0 aromatic carbocycles. The van der Waals surface area contributed by atoms with E-state index in [0.29, 0.717) is 5.82 Å². The molecule has 2 aromatic heterocycles. The maximum atomic E-state index is 12.3. The third-order valence-electron chi connectivity index (χ3n) is 2.04. The first-order valence-corrected chi connectivity index (χ1v) is 4.40. The van der Waals surface area contributed by atoms with Crippen molar-refractivity contribution < 1.29 is 13.2 Å². The molecular weight excluding hydrogens is 223 g/mol. The Labute approximate surface area is 88.5 Å². The summed E-state index contributed by atoms with van der Waals surface area (Å²) in [6, 6.07) is 0.927. The highest BCUT2D eigenvalue weighted by molar-refractivity contribution is 5.04. The SMILES string of the molecule is Cn1cnnc1Cn1ccc(C(F)(F)F)n1. The Hall–Kier alpha value is -1.86. The van der Waals surface area contributed by atoms with Crippen molar-refractivity contribution in [1.29, 1.82) is 0 Å². The molecule has 0 radical (unpaired) electrons. The highest BCUT2D eigenvalue weighted by atomic mass is 19.4. The van der Waals surface area contributed by atoms with Crippen molar-refractivity contribution in [2.24, 2.45) is 7.05 Å². The smallest absolute Gasteiger partial charge is 0.319 e. The Morgan fingerprint density at radius 1 is 1.38 bits per heavy atom. The summed E-state index contributed by atoms with van der Waals surface area (Å²) in [5.41, 5.74) is -0.908. The zero-order chi connectivity index (χ0) is 11.8. The Morgan fingerprint density at radius 2 is 2.12 bits per heavy atom. The zero-order valence-corrected chi connectivity index (χ0v) is 8.31. The molecule has 2 aromatic rings. The minimum Gasteiger partial charge on any atom is -0.319 e. The lowest BCUT2D eigenvalue weighted by Crippen LogP contribution is -2.10. The Balaban J connectivity index is 2.18. The quantitative estimate of drug-likeness (QED) is 0.777. The molecule has 0 bridgehead atoms. The van der Waals surface area contributed by atoms with Gasteiger partial charge in [-0.15, -0.1) is 10.2 Å². The molecule has 0 unspecified atom stereocenters. The minimum atomic E-state index is -4.41. The van der Waals surface area contributed by atoms with Crippen LogP contribution >= 0.6 is 0 Å². The molecule has 86 valence electrons. The fourth-order valence-electron chi connectivity index (χ4n) is 1.20. The number of hydrogen-bond donors (Lipinski definition) is 0. The standard InChI is InChI=1S/C8H8F3N5/c1-15-5-12-13-7(15)4-16-3-2-6(14-16)8(9,10)11/h2-3,5H,4H2,1H3. The zero-order valence-electron chi connectivity index (χ0n) is 8.31. The predicted molar refractivity (Wildman–Crippen MR) is 47.3 cm³/mol. The molecule has 0 N–H and O–H groups in total. The van der Waals surface area contributed by atoms with Gasteiger partial charge in [-0.1, -0.05) is 0 Å². The molecule has 0 saturated carbocycles. The second kappa shape index (κ2) is 3.62. The van der Waals surface area contributed by atoms with Gasteiger partial charge in [-0.25, -0.2) is 0 Å². The van der Waals surface area contributed by atoms with Crippen molar-refractivity contribution in [1.82, 2.24) is 24.5 Å². The van der Waals surface area contributed by atoms with Gasteiger partial charge in [-0.05, 0) is 6.07 Å². The summed E-state index contributed by atoms with van der Waals surface area (Å²) in [7, 11) is 1.71. The van der Waals surface area contributed by atoms with Crippen molar-refractivity contribution in [3.05, 3.63) is 30.1 Å². The molecule has 2 heterocycles. The van der Waals surface area contributed by atoms with Crippen LogP contribution in [0.5, 0.6) is 0 Å². The first-order valence-electron chi connectivity index (χ1n) is 4.40. The van der Waals surface area contributed by atoms with Gasteiger partial charge < -0.3 is 4.57 Å². The van der Waals surface area contributed by atoms with E-state index >= 15 is 0 Å². The van der Waals surface area contributed by atoms with E-state index in [1.807, 2.05) is 0 Å². The summed E-state index contributed by atoms with van der Waals surface area (Å²) in [5, 5.41) is 10.8. The molecule has 0 aliphatic carbocycles. The van der Waals surface area contributed by atoms with E-state index < -0.39 is 11.9 Å². The molecule has 8 heteroatoms. The first-order chi connectivity index (χ1) is 7.47. The molecule has 2 rings (SSSR count). The van der Waals surface area contributed by atoms with Gasteiger partial charge in [0.15, 0.2) is 11.5 Å². The van der Waals surface area contributed by atoms with Crippen molar-refractivity contribution >= 4 is 0 Å². The Morgan fingerprint density at radius 3 is 2.62 bits per heavy atom. The fourth-order valence-corrected chi connectivity index (χ4v) is 1.20. The molecule has 0 spiro atoms. The van der Waals surface area contributed by atoms with Crippen LogP contribution in [-0.2, 0) is 19.8 Å². The van der Waals surface area contributed by atoms with Crippen LogP contribution in [0.2, 0.25) is 0 Å². The van der Waals surface area contributed by atoms with Gasteiger partial charge in [0.05, 0.1) is 0 Å². The van der Waals surface area contributed by atoms with Gasteiger partial charge >= 0.3 is 6.18 Å². The van der Waals surface area contributed by atoms with E-state index in [-0.39, 0.29) is 6.54 Å².